The van der Waals surface area contributed by atoms with E-state index in [9.17, 15) is 19.7 Å². The van der Waals surface area contributed by atoms with Crippen LogP contribution in [0.1, 0.15) is 0 Å². The first-order valence-corrected chi connectivity index (χ1v) is 10.4. The molecule has 0 saturated heterocycles. The molecular weight excluding hydrogens is 434 g/mol. The van der Waals surface area contributed by atoms with E-state index >= 15 is 0 Å². The Labute approximate surface area is 184 Å². The zero-order valence-corrected chi connectivity index (χ0v) is 17.4. The van der Waals surface area contributed by atoms with E-state index in [0.29, 0.717) is 39.8 Å². The number of nitro groups is 1. The molecule has 11 nitrogen and oxygen atoms in total. The summed E-state index contributed by atoms with van der Waals surface area (Å²) in [6.45, 7) is 4.15. The number of thioether (sulfide) groups is 1. The molecule has 0 saturated carbocycles. The van der Waals surface area contributed by atoms with Gasteiger partial charge in [0.15, 0.2) is 11.0 Å². The Kier molecular flexibility index (Phi) is 5.85. The first kappa shape index (κ1) is 21.1. The highest BCUT2D eigenvalue weighted by atomic mass is 32.2. The van der Waals surface area contributed by atoms with Crippen molar-refractivity contribution in [2.75, 3.05) is 11.1 Å². The standard InChI is InChI=1S/C20H17N7O4S/c1-2-9-26-18(12-3-6-14(7-4-12)27(30)31)24-25-20(26)32-11-17(28)21-13-5-8-15-16(10-13)23-19(29)22-15/h2-8,10H,1,9,11H2,(H,21,28)(H2,22,23,29). The molecule has 32 heavy (non-hydrogen) atoms. The van der Waals surface area contributed by atoms with Gasteiger partial charge in [-0.2, -0.15) is 0 Å². The number of carbonyl (C=O) groups is 1. The van der Waals surface area contributed by atoms with Crippen LogP contribution in [-0.4, -0.2) is 41.3 Å². The van der Waals surface area contributed by atoms with Crippen LogP contribution in [-0.2, 0) is 11.3 Å². The number of nitro benzene ring substituents is 1. The number of nitrogens with one attached hydrogen (secondary N) is 3. The molecule has 12 heteroatoms. The normalized spacial score (nSPS) is 10.9. The number of nitrogens with zero attached hydrogens (tertiary/aromatic N) is 4. The van der Waals surface area contributed by atoms with Gasteiger partial charge in [0.25, 0.3) is 5.69 Å². The molecule has 0 aliphatic carbocycles. The Balaban J connectivity index is 1.47. The lowest BCUT2D eigenvalue weighted by Crippen LogP contribution is -2.14. The van der Waals surface area contributed by atoms with Gasteiger partial charge < -0.3 is 15.3 Å². The second-order valence-electron chi connectivity index (χ2n) is 6.69. The van der Waals surface area contributed by atoms with Crippen LogP contribution in [0.2, 0.25) is 0 Å². The predicted molar refractivity (Wildman–Crippen MR) is 121 cm³/mol. The summed E-state index contributed by atoms with van der Waals surface area (Å²) < 4.78 is 1.78. The minimum Gasteiger partial charge on any atom is -0.325 e. The maximum absolute atomic E-state index is 12.4. The number of amides is 1. The Bertz CT molecular complexity index is 1370. The molecule has 0 spiro atoms. The van der Waals surface area contributed by atoms with Crippen molar-refractivity contribution in [3.63, 3.8) is 0 Å². The van der Waals surface area contributed by atoms with E-state index < -0.39 is 4.92 Å². The quantitative estimate of drug-likeness (QED) is 0.161. The van der Waals surface area contributed by atoms with E-state index in [-0.39, 0.29) is 23.0 Å². The zero-order chi connectivity index (χ0) is 22.7. The first-order valence-electron chi connectivity index (χ1n) is 9.38. The minimum atomic E-state index is -0.469. The molecule has 0 aliphatic rings. The monoisotopic (exact) mass is 451 g/mol. The molecule has 2 aromatic carbocycles. The van der Waals surface area contributed by atoms with Crippen molar-refractivity contribution in [1.82, 2.24) is 24.7 Å². The van der Waals surface area contributed by atoms with Gasteiger partial charge in [-0.3, -0.25) is 19.5 Å². The molecule has 3 N–H and O–H groups in total. The third-order valence-corrected chi connectivity index (χ3v) is 5.46. The predicted octanol–water partition coefficient (Wildman–Crippen LogP) is 2.94. The van der Waals surface area contributed by atoms with Crippen LogP contribution >= 0.6 is 11.8 Å². The number of aromatic amines is 2. The molecule has 162 valence electrons. The number of aromatic nitrogens is 5. The minimum absolute atomic E-state index is 0.0169. The SMILES string of the molecule is C=CCn1c(SCC(=O)Nc2ccc3[nH]c(=O)[nH]c3c2)nnc1-c1ccc([N+](=O)[O-])cc1. The third-order valence-electron chi connectivity index (χ3n) is 4.50. The molecule has 4 rings (SSSR count). The smallest absolute Gasteiger partial charge is 0.323 e. The summed E-state index contributed by atoms with van der Waals surface area (Å²) in [5, 5.41) is 22.5. The maximum atomic E-state index is 12.4. The highest BCUT2D eigenvalue weighted by molar-refractivity contribution is 7.99. The third kappa shape index (κ3) is 4.44. The molecule has 0 unspecified atom stereocenters. The number of H-pyrrole nitrogens is 2. The van der Waals surface area contributed by atoms with Crippen LogP contribution in [0.25, 0.3) is 22.4 Å². The molecule has 1 amide bonds. The van der Waals surface area contributed by atoms with Gasteiger partial charge in [-0.1, -0.05) is 17.8 Å². The number of allylic oxidation sites excluding steroid dienone is 1. The Morgan fingerprint density at radius 1 is 1.19 bits per heavy atom. The van der Waals surface area contributed by atoms with Crippen molar-refractivity contribution in [3.05, 3.63) is 75.7 Å². The lowest BCUT2D eigenvalue weighted by Gasteiger charge is -2.08. The van der Waals surface area contributed by atoms with Gasteiger partial charge in [-0.25, -0.2) is 4.79 Å². The molecular formula is C20H17N7O4S. The second-order valence-corrected chi connectivity index (χ2v) is 7.63. The van der Waals surface area contributed by atoms with E-state index in [2.05, 4.69) is 32.1 Å². The number of anilines is 1. The average molecular weight is 451 g/mol. The fourth-order valence-electron chi connectivity index (χ4n) is 3.07. The molecule has 0 radical (unpaired) electrons. The van der Waals surface area contributed by atoms with Gasteiger partial charge in [-0.15, -0.1) is 16.8 Å². The van der Waals surface area contributed by atoms with Crippen molar-refractivity contribution in [1.29, 1.82) is 0 Å². The number of hydrogen-bond donors (Lipinski definition) is 3. The van der Waals surface area contributed by atoms with Crippen molar-refractivity contribution < 1.29 is 9.72 Å². The van der Waals surface area contributed by atoms with Crippen LogP contribution in [0.4, 0.5) is 11.4 Å². The zero-order valence-electron chi connectivity index (χ0n) is 16.6. The number of hydrogen-bond acceptors (Lipinski definition) is 7. The van der Waals surface area contributed by atoms with E-state index in [0.717, 1.165) is 0 Å². The summed E-state index contributed by atoms with van der Waals surface area (Å²) in [4.78, 5) is 39.5. The molecule has 0 fully saturated rings. The largest absolute Gasteiger partial charge is 0.325 e. The van der Waals surface area contributed by atoms with Crippen LogP contribution in [0.15, 0.2) is 65.1 Å². The second kappa shape index (κ2) is 8.89. The molecule has 0 atom stereocenters. The number of rotatable bonds is 8. The number of carbonyl (C=O) groups excluding carboxylic acids is 1. The fraction of sp³-hybridized carbons (Fsp3) is 0.100. The highest BCUT2D eigenvalue weighted by Crippen LogP contribution is 2.26. The van der Waals surface area contributed by atoms with E-state index in [1.807, 2.05) is 0 Å². The molecule has 4 aromatic rings. The average Bonchev–Trinajstić information content (AvgIpc) is 3.34. The molecule has 0 aliphatic heterocycles. The first-order chi connectivity index (χ1) is 15.4. The number of fused-ring (bicyclic) bond motifs is 1. The number of benzene rings is 2. The molecule has 0 bridgehead atoms. The van der Waals surface area contributed by atoms with Crippen molar-refractivity contribution in [3.8, 4) is 11.4 Å². The topological polar surface area (TPSA) is 152 Å². The van der Waals surface area contributed by atoms with Gasteiger partial charge in [0, 0.05) is 29.9 Å². The highest BCUT2D eigenvalue weighted by Gasteiger charge is 2.16. The summed E-state index contributed by atoms with van der Waals surface area (Å²) in [6, 6.07) is 11.1. The molecule has 2 heterocycles. The summed E-state index contributed by atoms with van der Waals surface area (Å²) >= 11 is 1.20. The number of imidazole rings is 1. The van der Waals surface area contributed by atoms with E-state index in [1.165, 1.54) is 23.9 Å². The Hall–Kier alpha value is -4.19. The van der Waals surface area contributed by atoms with Gasteiger partial charge in [-0.05, 0) is 30.3 Å². The van der Waals surface area contributed by atoms with Crippen LogP contribution < -0.4 is 11.0 Å². The van der Waals surface area contributed by atoms with Gasteiger partial charge >= 0.3 is 5.69 Å². The van der Waals surface area contributed by atoms with E-state index in [4.69, 9.17) is 0 Å². The van der Waals surface area contributed by atoms with E-state index in [1.54, 1.807) is 41.0 Å². The van der Waals surface area contributed by atoms with Crippen molar-refractivity contribution >= 4 is 40.1 Å². The molecule has 2 aromatic heterocycles. The van der Waals surface area contributed by atoms with Crippen LogP contribution in [0, 0.1) is 10.1 Å². The summed E-state index contributed by atoms with van der Waals surface area (Å²) in [5.74, 6) is 0.346. The summed E-state index contributed by atoms with van der Waals surface area (Å²) in [5.41, 5.74) is 2.13. The van der Waals surface area contributed by atoms with Gasteiger partial charge in [0.1, 0.15) is 0 Å². The van der Waals surface area contributed by atoms with Crippen LogP contribution in [0.5, 0.6) is 0 Å². The van der Waals surface area contributed by atoms with Gasteiger partial charge in [0.05, 0.1) is 21.7 Å². The van der Waals surface area contributed by atoms with Crippen molar-refractivity contribution in [2.24, 2.45) is 0 Å². The Morgan fingerprint density at radius 3 is 2.66 bits per heavy atom. The fourth-order valence-corrected chi connectivity index (χ4v) is 3.82. The van der Waals surface area contributed by atoms with Crippen LogP contribution in [0.3, 0.4) is 0 Å². The lowest BCUT2D eigenvalue weighted by atomic mass is 10.2. The van der Waals surface area contributed by atoms with Gasteiger partial charge in [0.2, 0.25) is 5.91 Å². The lowest BCUT2D eigenvalue weighted by molar-refractivity contribution is -0.384. The van der Waals surface area contributed by atoms with Crippen molar-refractivity contribution in [2.45, 2.75) is 11.7 Å². The number of non-ortho nitro benzene ring substituents is 1. The summed E-state index contributed by atoms with van der Waals surface area (Å²) in [6.07, 6.45) is 1.68. The maximum Gasteiger partial charge on any atom is 0.323 e. The Morgan fingerprint density at radius 2 is 1.94 bits per heavy atom. The summed E-state index contributed by atoms with van der Waals surface area (Å²) in [7, 11) is 0.